The van der Waals surface area contributed by atoms with Gasteiger partial charge in [-0.05, 0) is 68.1 Å². The van der Waals surface area contributed by atoms with Gasteiger partial charge in [0.1, 0.15) is 11.5 Å². The second-order valence-electron chi connectivity index (χ2n) is 6.47. The van der Waals surface area contributed by atoms with Gasteiger partial charge in [0, 0.05) is 12.2 Å². The van der Waals surface area contributed by atoms with Gasteiger partial charge >= 0.3 is 6.03 Å². The molecule has 0 fully saturated rings. The van der Waals surface area contributed by atoms with E-state index in [-0.39, 0.29) is 18.1 Å². The van der Waals surface area contributed by atoms with Crippen molar-refractivity contribution < 1.29 is 14.6 Å². The molecule has 0 aliphatic carbocycles. The van der Waals surface area contributed by atoms with Crippen molar-refractivity contribution in [3.05, 3.63) is 54.1 Å². The first kappa shape index (κ1) is 18.8. The first-order valence-electron chi connectivity index (χ1n) is 8.50. The number of rotatable bonds is 7. The normalized spacial score (nSPS) is 13.0. The van der Waals surface area contributed by atoms with Crippen LogP contribution in [0.2, 0.25) is 0 Å². The minimum atomic E-state index is -0.360. The molecule has 5 nitrogen and oxygen atoms in total. The van der Waals surface area contributed by atoms with Crippen LogP contribution in [-0.4, -0.2) is 23.8 Å². The van der Waals surface area contributed by atoms with E-state index in [2.05, 4.69) is 10.6 Å². The predicted molar refractivity (Wildman–Crippen MR) is 100 cm³/mol. The lowest BCUT2D eigenvalue weighted by atomic mass is 10.1. The van der Waals surface area contributed by atoms with Crippen LogP contribution in [0.4, 0.5) is 10.5 Å². The number of nitrogens with one attached hydrogen (secondary N) is 2. The van der Waals surface area contributed by atoms with Crippen LogP contribution in [0.5, 0.6) is 11.5 Å². The van der Waals surface area contributed by atoms with Crippen molar-refractivity contribution in [3.8, 4) is 11.5 Å². The molecule has 0 radical (unpaired) electrons. The highest BCUT2D eigenvalue weighted by Crippen LogP contribution is 2.23. The molecule has 134 valence electrons. The molecule has 0 bridgehead atoms. The molecule has 0 aliphatic heterocycles. The largest absolute Gasteiger partial charge is 0.457 e. The zero-order valence-electron chi connectivity index (χ0n) is 15.0. The van der Waals surface area contributed by atoms with Crippen LogP contribution in [0.1, 0.15) is 25.8 Å². The molecular formula is C20H26N2O3. The van der Waals surface area contributed by atoms with Gasteiger partial charge in [-0.25, -0.2) is 4.79 Å². The van der Waals surface area contributed by atoms with Crippen molar-refractivity contribution >= 4 is 11.7 Å². The van der Waals surface area contributed by atoms with Gasteiger partial charge in [0.2, 0.25) is 0 Å². The maximum absolute atomic E-state index is 11.9. The summed E-state index contributed by atoms with van der Waals surface area (Å²) in [5.41, 5.74) is 1.83. The highest BCUT2D eigenvalue weighted by atomic mass is 16.5. The van der Waals surface area contributed by atoms with E-state index in [0.29, 0.717) is 24.4 Å². The highest BCUT2D eigenvalue weighted by Gasteiger charge is 2.08. The van der Waals surface area contributed by atoms with Crippen LogP contribution in [0.25, 0.3) is 0 Å². The number of anilines is 1. The van der Waals surface area contributed by atoms with Crippen molar-refractivity contribution in [2.75, 3.05) is 11.9 Å². The number of urea groups is 1. The molecule has 2 rings (SSSR count). The fourth-order valence-electron chi connectivity index (χ4n) is 2.53. The molecule has 2 aromatic rings. The summed E-state index contributed by atoms with van der Waals surface area (Å²) in [6, 6.07) is 14.8. The lowest BCUT2D eigenvalue weighted by molar-refractivity contribution is 0.163. The average molecular weight is 342 g/mol. The number of aryl methyl sites for hydroxylation is 1. The number of carbonyl (C=O) groups excluding carboxylic acids is 1. The minimum absolute atomic E-state index is 0.218. The standard InChI is InChI=1S/C20H26N2O3/c1-14-5-4-6-19(12-14)25-18-9-7-17(8-10-18)22-20(24)21-13-15(2)11-16(3)23/h4-10,12,15-16,23H,11,13H2,1-3H3,(H2,21,22,24). The Morgan fingerprint density at radius 1 is 1.12 bits per heavy atom. The maximum Gasteiger partial charge on any atom is 0.319 e. The van der Waals surface area contributed by atoms with E-state index in [1.54, 1.807) is 19.1 Å². The predicted octanol–water partition coefficient (Wildman–Crippen LogP) is 4.32. The van der Waals surface area contributed by atoms with E-state index < -0.39 is 0 Å². The van der Waals surface area contributed by atoms with Crippen molar-refractivity contribution in [1.29, 1.82) is 0 Å². The molecule has 0 heterocycles. The van der Waals surface area contributed by atoms with Crippen molar-refractivity contribution in [1.82, 2.24) is 5.32 Å². The van der Waals surface area contributed by atoms with Crippen LogP contribution in [0, 0.1) is 12.8 Å². The molecule has 0 spiro atoms. The SMILES string of the molecule is Cc1cccc(Oc2ccc(NC(=O)NCC(C)CC(C)O)cc2)c1. The minimum Gasteiger partial charge on any atom is -0.457 e. The lowest BCUT2D eigenvalue weighted by Crippen LogP contribution is -2.33. The first-order valence-corrected chi connectivity index (χ1v) is 8.50. The number of aliphatic hydroxyl groups excluding tert-OH is 1. The van der Waals surface area contributed by atoms with Gasteiger partial charge in [0.15, 0.2) is 0 Å². The molecule has 2 unspecified atom stereocenters. The molecule has 2 amide bonds. The van der Waals surface area contributed by atoms with E-state index in [1.807, 2.05) is 50.2 Å². The second-order valence-corrected chi connectivity index (χ2v) is 6.47. The third-order valence-electron chi connectivity index (χ3n) is 3.69. The van der Waals surface area contributed by atoms with Crippen LogP contribution in [0.15, 0.2) is 48.5 Å². The molecule has 5 heteroatoms. The number of aliphatic hydroxyl groups is 1. The summed E-state index contributed by atoms with van der Waals surface area (Å²) in [4.78, 5) is 11.9. The third kappa shape index (κ3) is 6.85. The Balaban J connectivity index is 1.82. The highest BCUT2D eigenvalue weighted by molar-refractivity contribution is 5.89. The van der Waals surface area contributed by atoms with E-state index in [9.17, 15) is 9.90 Å². The smallest absolute Gasteiger partial charge is 0.319 e. The van der Waals surface area contributed by atoms with Gasteiger partial charge in [-0.1, -0.05) is 19.1 Å². The molecule has 3 N–H and O–H groups in total. The number of amides is 2. The Labute approximate surface area is 149 Å². The van der Waals surface area contributed by atoms with Crippen molar-refractivity contribution in [2.45, 2.75) is 33.3 Å². The average Bonchev–Trinajstić information content (AvgIpc) is 2.54. The number of hydrogen-bond donors (Lipinski definition) is 3. The molecule has 0 aliphatic rings. The summed E-state index contributed by atoms with van der Waals surface area (Å²) in [7, 11) is 0. The van der Waals surface area contributed by atoms with Crippen molar-refractivity contribution in [3.63, 3.8) is 0 Å². The van der Waals surface area contributed by atoms with E-state index in [4.69, 9.17) is 4.74 Å². The molecule has 0 saturated heterocycles. The topological polar surface area (TPSA) is 70.6 Å². The number of benzene rings is 2. The molecular weight excluding hydrogens is 316 g/mol. The van der Waals surface area contributed by atoms with E-state index in [1.165, 1.54) is 0 Å². The quantitative estimate of drug-likeness (QED) is 0.702. The Morgan fingerprint density at radius 3 is 2.48 bits per heavy atom. The fourth-order valence-corrected chi connectivity index (χ4v) is 2.53. The summed E-state index contributed by atoms with van der Waals surface area (Å²) in [6.07, 6.45) is 0.298. The van der Waals surface area contributed by atoms with E-state index in [0.717, 1.165) is 11.3 Å². The van der Waals surface area contributed by atoms with Gasteiger partial charge in [-0.2, -0.15) is 0 Å². The monoisotopic (exact) mass is 342 g/mol. The zero-order chi connectivity index (χ0) is 18.2. The summed E-state index contributed by atoms with van der Waals surface area (Å²) >= 11 is 0. The second kappa shape index (κ2) is 9.08. The molecule has 2 aromatic carbocycles. The Kier molecular flexibility index (Phi) is 6.83. The lowest BCUT2D eigenvalue weighted by Gasteiger charge is -2.14. The number of carbonyl (C=O) groups is 1. The molecule has 0 saturated carbocycles. The number of hydrogen-bond acceptors (Lipinski definition) is 3. The Bertz CT molecular complexity index is 684. The zero-order valence-corrected chi connectivity index (χ0v) is 15.0. The van der Waals surface area contributed by atoms with E-state index >= 15 is 0 Å². The Morgan fingerprint density at radius 2 is 1.84 bits per heavy atom. The van der Waals surface area contributed by atoms with Gasteiger partial charge in [-0.3, -0.25) is 0 Å². The van der Waals surface area contributed by atoms with Gasteiger partial charge in [0.05, 0.1) is 6.10 Å². The first-order chi connectivity index (χ1) is 11.9. The van der Waals surface area contributed by atoms with Crippen molar-refractivity contribution in [2.24, 2.45) is 5.92 Å². The van der Waals surface area contributed by atoms with Gasteiger partial charge in [-0.15, -0.1) is 0 Å². The summed E-state index contributed by atoms with van der Waals surface area (Å²) in [5, 5.41) is 14.9. The summed E-state index contributed by atoms with van der Waals surface area (Å²) < 4.78 is 5.78. The van der Waals surface area contributed by atoms with Gasteiger partial charge in [0.25, 0.3) is 0 Å². The van der Waals surface area contributed by atoms with Crippen LogP contribution in [0.3, 0.4) is 0 Å². The summed E-state index contributed by atoms with van der Waals surface area (Å²) in [6.45, 7) is 6.27. The molecule has 0 aromatic heterocycles. The van der Waals surface area contributed by atoms with Crippen LogP contribution >= 0.6 is 0 Å². The number of ether oxygens (including phenoxy) is 1. The fraction of sp³-hybridized carbons (Fsp3) is 0.350. The molecule has 2 atom stereocenters. The van der Waals surface area contributed by atoms with Gasteiger partial charge < -0.3 is 20.5 Å². The summed E-state index contributed by atoms with van der Waals surface area (Å²) in [5.74, 6) is 1.71. The maximum atomic E-state index is 11.9. The Hall–Kier alpha value is -2.53. The van der Waals surface area contributed by atoms with Crippen LogP contribution in [-0.2, 0) is 0 Å². The van der Waals surface area contributed by atoms with Crippen LogP contribution < -0.4 is 15.4 Å². The molecule has 25 heavy (non-hydrogen) atoms. The third-order valence-corrected chi connectivity index (χ3v) is 3.69.